The number of benzene rings is 1. The van der Waals surface area contributed by atoms with Crippen LogP contribution >= 0.6 is 43.5 Å². The Balaban J connectivity index is 2.28. The number of sulfonamides is 1. The Morgan fingerprint density at radius 2 is 1.90 bits per heavy atom. The maximum atomic E-state index is 12.6. The topological polar surface area (TPSA) is 46.2 Å². The number of alkyl halides is 1. The lowest BCUT2D eigenvalue weighted by Gasteiger charge is -2.30. The number of nitrogens with one attached hydrogen (secondary N) is 1. The monoisotopic (exact) mass is 457 g/mol. The van der Waals surface area contributed by atoms with Gasteiger partial charge < -0.3 is 0 Å². The number of aryl methyl sites for hydroxylation is 1. The third-order valence-corrected chi connectivity index (χ3v) is 7.62. The van der Waals surface area contributed by atoms with Crippen molar-refractivity contribution in [2.45, 2.75) is 43.5 Å². The first-order valence-corrected chi connectivity index (χ1v) is 10.5. The molecule has 0 radical (unpaired) electrons. The lowest BCUT2D eigenvalue weighted by atomic mass is 9.86. The fourth-order valence-electron chi connectivity index (χ4n) is 2.64. The molecule has 1 saturated carbocycles. The molecule has 1 aliphatic rings. The van der Waals surface area contributed by atoms with E-state index in [0.717, 1.165) is 35.7 Å². The second-order valence-corrected chi connectivity index (χ2v) is 9.16. The summed E-state index contributed by atoms with van der Waals surface area (Å²) < 4.78 is 29.5. The number of rotatable bonds is 4. The molecule has 0 aliphatic heterocycles. The van der Waals surface area contributed by atoms with Crippen LogP contribution in [-0.4, -0.2) is 20.3 Å². The van der Waals surface area contributed by atoms with Crippen LogP contribution in [0.3, 0.4) is 0 Å². The van der Waals surface area contributed by atoms with E-state index in [0.29, 0.717) is 10.4 Å². The summed E-state index contributed by atoms with van der Waals surface area (Å²) >= 11 is 12.7. The Morgan fingerprint density at radius 3 is 2.57 bits per heavy atom. The second kappa shape index (κ2) is 7.30. The zero-order chi connectivity index (χ0) is 15.6. The molecule has 118 valence electrons. The van der Waals surface area contributed by atoms with Crippen LogP contribution in [0.25, 0.3) is 0 Å². The minimum absolute atomic E-state index is 0.0757. The fourth-order valence-corrected chi connectivity index (χ4v) is 6.03. The third-order valence-electron chi connectivity index (χ3n) is 3.92. The molecule has 1 fully saturated rings. The molecule has 0 bridgehead atoms. The summed E-state index contributed by atoms with van der Waals surface area (Å²) in [5, 5.41) is 0. The van der Waals surface area contributed by atoms with Gasteiger partial charge in [0.05, 0.1) is 4.90 Å². The van der Waals surface area contributed by atoms with Crippen LogP contribution in [0.4, 0.5) is 0 Å². The summed E-state index contributed by atoms with van der Waals surface area (Å²) in [6.07, 6.45) is 3.99. The first-order valence-electron chi connectivity index (χ1n) is 6.89. The lowest BCUT2D eigenvalue weighted by Crippen LogP contribution is -2.42. The highest BCUT2D eigenvalue weighted by Crippen LogP contribution is 2.31. The molecule has 2 atom stereocenters. The zero-order valence-corrected chi connectivity index (χ0v) is 16.4. The molecule has 0 heterocycles. The quantitative estimate of drug-likeness (QED) is 0.669. The van der Waals surface area contributed by atoms with Gasteiger partial charge in [0.1, 0.15) is 0 Å². The van der Waals surface area contributed by atoms with Gasteiger partial charge in [-0.25, -0.2) is 13.1 Å². The predicted octanol–water partition coefficient (Wildman–Crippen LogP) is 4.60. The number of hydrogen-bond donors (Lipinski definition) is 1. The van der Waals surface area contributed by atoms with Gasteiger partial charge in [0.2, 0.25) is 10.0 Å². The van der Waals surface area contributed by atoms with E-state index in [4.69, 9.17) is 11.6 Å². The van der Waals surface area contributed by atoms with Crippen LogP contribution in [0.1, 0.15) is 31.2 Å². The third kappa shape index (κ3) is 4.22. The maximum absolute atomic E-state index is 12.6. The van der Waals surface area contributed by atoms with Crippen LogP contribution < -0.4 is 4.72 Å². The van der Waals surface area contributed by atoms with Gasteiger partial charge in [0.15, 0.2) is 0 Å². The Kier molecular flexibility index (Phi) is 6.16. The summed E-state index contributed by atoms with van der Waals surface area (Å²) in [5.74, 6) is 0.703. The van der Waals surface area contributed by atoms with Crippen molar-refractivity contribution in [3.05, 3.63) is 26.6 Å². The normalized spacial score (nSPS) is 23.2. The molecule has 3 nitrogen and oxygen atoms in total. The van der Waals surface area contributed by atoms with Gasteiger partial charge in [-0.15, -0.1) is 11.6 Å². The smallest absolute Gasteiger partial charge is 0.208 e. The number of hydrogen-bond acceptors (Lipinski definition) is 2. The summed E-state index contributed by atoms with van der Waals surface area (Å²) in [7, 11) is -3.56. The Labute approximate surface area is 148 Å². The van der Waals surface area contributed by atoms with Crippen LogP contribution in [0.2, 0.25) is 0 Å². The molecular weight excluding hydrogens is 441 g/mol. The highest BCUT2D eigenvalue weighted by atomic mass is 79.9. The standard InChI is InChI=1S/C14H18Br2ClNO2S/c1-9-6-12(16)14(7-11(9)15)21(19,20)18-13-5-3-2-4-10(13)8-17/h6-7,10,13,18H,2-5,8H2,1H3. The first kappa shape index (κ1) is 17.7. The second-order valence-electron chi connectivity index (χ2n) is 5.46. The van der Waals surface area contributed by atoms with Crippen molar-refractivity contribution in [3.63, 3.8) is 0 Å². The lowest BCUT2D eigenvalue weighted by molar-refractivity contribution is 0.314. The van der Waals surface area contributed by atoms with Crippen molar-refractivity contribution >= 4 is 53.5 Å². The van der Waals surface area contributed by atoms with E-state index in [1.165, 1.54) is 0 Å². The molecule has 0 amide bonds. The average molecular weight is 460 g/mol. The van der Waals surface area contributed by atoms with Crippen LogP contribution in [-0.2, 0) is 10.0 Å². The minimum atomic E-state index is -3.56. The largest absolute Gasteiger partial charge is 0.241 e. The van der Waals surface area contributed by atoms with Gasteiger partial charge in [-0.1, -0.05) is 28.8 Å². The van der Waals surface area contributed by atoms with Crippen molar-refractivity contribution in [2.24, 2.45) is 5.92 Å². The Bertz CT molecular complexity index is 622. The summed E-state index contributed by atoms with van der Waals surface area (Å²) in [4.78, 5) is 0.263. The molecule has 1 aromatic carbocycles. The summed E-state index contributed by atoms with van der Waals surface area (Å²) in [5.41, 5.74) is 0.983. The molecule has 1 N–H and O–H groups in total. The van der Waals surface area contributed by atoms with E-state index in [1.54, 1.807) is 12.1 Å². The van der Waals surface area contributed by atoms with E-state index in [9.17, 15) is 8.42 Å². The summed E-state index contributed by atoms with van der Waals surface area (Å²) in [6.45, 7) is 1.92. The molecule has 1 aromatic rings. The van der Waals surface area contributed by atoms with E-state index in [1.807, 2.05) is 6.92 Å². The van der Waals surface area contributed by atoms with Gasteiger partial charge in [-0.05, 0) is 59.3 Å². The van der Waals surface area contributed by atoms with Gasteiger partial charge in [-0.2, -0.15) is 0 Å². The summed E-state index contributed by atoms with van der Waals surface area (Å²) in [6, 6.07) is 3.37. The van der Waals surface area contributed by atoms with Gasteiger partial charge in [0.25, 0.3) is 0 Å². The minimum Gasteiger partial charge on any atom is -0.208 e. The molecule has 0 spiro atoms. The average Bonchev–Trinajstić information content (AvgIpc) is 2.43. The van der Waals surface area contributed by atoms with Crippen molar-refractivity contribution in [3.8, 4) is 0 Å². The van der Waals surface area contributed by atoms with Crippen molar-refractivity contribution in [1.82, 2.24) is 4.72 Å². The van der Waals surface area contributed by atoms with E-state index in [-0.39, 0.29) is 16.9 Å². The Hall–Kier alpha value is 0.380. The molecule has 1 aliphatic carbocycles. The fraction of sp³-hybridized carbons (Fsp3) is 0.571. The van der Waals surface area contributed by atoms with Crippen molar-refractivity contribution in [1.29, 1.82) is 0 Å². The molecular formula is C14H18Br2ClNO2S. The molecule has 0 aromatic heterocycles. The molecule has 21 heavy (non-hydrogen) atoms. The van der Waals surface area contributed by atoms with E-state index in [2.05, 4.69) is 36.6 Å². The highest BCUT2D eigenvalue weighted by Gasteiger charge is 2.30. The molecule has 2 unspecified atom stereocenters. The van der Waals surface area contributed by atoms with E-state index >= 15 is 0 Å². The van der Waals surface area contributed by atoms with Crippen LogP contribution in [0, 0.1) is 12.8 Å². The van der Waals surface area contributed by atoms with Crippen molar-refractivity contribution in [2.75, 3.05) is 5.88 Å². The van der Waals surface area contributed by atoms with E-state index < -0.39 is 10.0 Å². The van der Waals surface area contributed by atoms with Gasteiger partial charge in [0, 0.05) is 20.9 Å². The first-order chi connectivity index (χ1) is 9.85. The maximum Gasteiger partial charge on any atom is 0.241 e. The number of halogens is 3. The SMILES string of the molecule is Cc1cc(Br)c(S(=O)(=O)NC2CCCCC2CCl)cc1Br. The zero-order valence-electron chi connectivity index (χ0n) is 11.7. The predicted molar refractivity (Wildman–Crippen MR) is 93.4 cm³/mol. The van der Waals surface area contributed by atoms with Crippen LogP contribution in [0.15, 0.2) is 26.0 Å². The van der Waals surface area contributed by atoms with Crippen molar-refractivity contribution < 1.29 is 8.42 Å². The highest BCUT2D eigenvalue weighted by molar-refractivity contribution is 9.11. The van der Waals surface area contributed by atoms with Gasteiger partial charge >= 0.3 is 0 Å². The van der Waals surface area contributed by atoms with Crippen LogP contribution in [0.5, 0.6) is 0 Å². The molecule has 7 heteroatoms. The van der Waals surface area contributed by atoms with Gasteiger partial charge in [-0.3, -0.25) is 0 Å². The Morgan fingerprint density at radius 1 is 1.24 bits per heavy atom. The molecule has 2 rings (SSSR count). The molecule has 0 saturated heterocycles.